The Morgan fingerprint density at radius 2 is 1.63 bits per heavy atom. The molecule has 0 spiro atoms. The van der Waals surface area contributed by atoms with Crippen molar-refractivity contribution in [2.24, 2.45) is 5.92 Å². The number of carbonyl (C=O) groups is 2. The van der Waals surface area contributed by atoms with Crippen LogP contribution in [0.4, 0.5) is 10.6 Å². The molecule has 0 bridgehead atoms. The van der Waals surface area contributed by atoms with Gasteiger partial charge in [0.15, 0.2) is 0 Å². The van der Waals surface area contributed by atoms with Gasteiger partial charge >= 0.3 is 12.1 Å². The van der Waals surface area contributed by atoms with Crippen LogP contribution in [0.1, 0.15) is 88.6 Å². The first-order valence-electron chi connectivity index (χ1n) is 18.6. The highest BCUT2D eigenvalue weighted by Crippen LogP contribution is 2.38. The summed E-state index contributed by atoms with van der Waals surface area (Å²) in [5.74, 6) is 1.24. The van der Waals surface area contributed by atoms with Gasteiger partial charge in [-0.15, -0.1) is 0 Å². The van der Waals surface area contributed by atoms with Crippen molar-refractivity contribution < 1.29 is 28.5 Å². The molecule has 0 N–H and O–H groups in total. The van der Waals surface area contributed by atoms with E-state index in [9.17, 15) is 9.59 Å². The molecule has 0 aliphatic carbocycles. The summed E-state index contributed by atoms with van der Waals surface area (Å²) >= 11 is 0. The molecule has 51 heavy (non-hydrogen) atoms. The van der Waals surface area contributed by atoms with Gasteiger partial charge in [-0.3, -0.25) is 4.79 Å². The zero-order valence-electron chi connectivity index (χ0n) is 31.7. The van der Waals surface area contributed by atoms with Gasteiger partial charge in [-0.05, 0) is 134 Å². The number of hydrogen-bond donors (Lipinski definition) is 0. The number of anilines is 1. The van der Waals surface area contributed by atoms with Crippen molar-refractivity contribution in [2.75, 3.05) is 31.1 Å². The minimum Gasteiger partial charge on any atom is -0.488 e. The summed E-state index contributed by atoms with van der Waals surface area (Å²) in [6, 6.07) is 16.8. The summed E-state index contributed by atoms with van der Waals surface area (Å²) in [7, 11) is 0. The number of fused-ring (bicyclic) bond motifs is 2. The van der Waals surface area contributed by atoms with Crippen LogP contribution in [0.2, 0.25) is 0 Å². The first-order valence-corrected chi connectivity index (χ1v) is 18.6. The number of rotatable bonds is 6. The van der Waals surface area contributed by atoms with Crippen molar-refractivity contribution in [3.63, 3.8) is 0 Å². The average molecular weight is 698 g/mol. The molecule has 3 aromatic rings. The number of ether oxygens (including phenoxy) is 4. The number of benzene rings is 2. The maximum Gasteiger partial charge on any atom is 0.410 e. The number of esters is 1. The maximum atomic E-state index is 13.2. The lowest BCUT2D eigenvalue weighted by molar-refractivity contribution is -0.170. The Labute approximate surface area is 303 Å². The highest BCUT2D eigenvalue weighted by Gasteiger charge is 2.45. The number of hydrogen-bond acceptors (Lipinski definition) is 8. The third-order valence-corrected chi connectivity index (χ3v) is 10.2. The predicted octanol–water partition coefficient (Wildman–Crippen LogP) is 8.00. The normalized spacial score (nSPS) is 20.9. The Morgan fingerprint density at radius 3 is 2.39 bits per heavy atom. The summed E-state index contributed by atoms with van der Waals surface area (Å²) < 4.78 is 24.4. The van der Waals surface area contributed by atoms with E-state index in [4.69, 9.17) is 23.9 Å². The van der Waals surface area contributed by atoms with Crippen molar-refractivity contribution in [2.45, 2.75) is 117 Å². The van der Waals surface area contributed by atoms with Crippen molar-refractivity contribution >= 4 is 17.9 Å². The molecule has 4 heterocycles. The Hall–Kier alpha value is -4.11. The standard InChI is InChI=1S/C42H55N3O6/c1-27-12-9-13-32(37(27)49-26-30-18-17-29-19-22-44(23-20-31(29)28(30)2)40(47)51-42(6,7)8)34-14-10-16-36(43-34)45-24-21-33(39(46)50-41(3,4)5)38-35(45)15-11-25-48-38/h9-10,12-14,16-18,33,35,38H,11,15,19-26H2,1-8H3/t33-,35+,38-/m1/s1. The van der Waals surface area contributed by atoms with Crippen LogP contribution in [-0.2, 0) is 38.5 Å². The minimum atomic E-state index is -0.537. The highest BCUT2D eigenvalue weighted by atomic mass is 16.6. The Bertz CT molecular complexity index is 1740. The van der Waals surface area contributed by atoms with Gasteiger partial charge in [0.25, 0.3) is 0 Å². The Kier molecular flexibility index (Phi) is 10.7. The number of amides is 1. The third-order valence-electron chi connectivity index (χ3n) is 10.2. The van der Waals surface area contributed by atoms with Crippen LogP contribution in [-0.4, -0.2) is 71.5 Å². The molecule has 3 atom stereocenters. The zero-order chi connectivity index (χ0) is 36.5. The SMILES string of the molecule is Cc1cccc(-c2cccc(N3CC[C@@H](C(=O)OC(C)(C)C)[C@H]4OCCC[C@@H]43)n2)c1OCc1ccc2c(c1C)CCN(C(=O)OC(C)(C)C)CC2. The molecule has 2 fully saturated rings. The largest absolute Gasteiger partial charge is 0.488 e. The molecule has 0 saturated carbocycles. The van der Waals surface area contributed by atoms with Crippen molar-refractivity contribution in [1.82, 2.24) is 9.88 Å². The monoisotopic (exact) mass is 697 g/mol. The van der Waals surface area contributed by atoms with Crippen LogP contribution in [0.3, 0.4) is 0 Å². The Morgan fingerprint density at radius 1 is 0.882 bits per heavy atom. The van der Waals surface area contributed by atoms with Gasteiger partial charge < -0.3 is 28.7 Å². The maximum absolute atomic E-state index is 13.2. The summed E-state index contributed by atoms with van der Waals surface area (Å²) in [5.41, 5.74) is 6.69. The molecular weight excluding hydrogens is 642 g/mol. The fourth-order valence-corrected chi connectivity index (χ4v) is 7.68. The lowest BCUT2D eigenvalue weighted by Gasteiger charge is -2.47. The molecule has 2 saturated heterocycles. The lowest BCUT2D eigenvalue weighted by Crippen LogP contribution is -2.58. The van der Waals surface area contributed by atoms with E-state index in [1.807, 2.05) is 58.6 Å². The minimum absolute atomic E-state index is 0.0494. The molecule has 2 aromatic carbocycles. The molecular formula is C42H55N3O6. The first kappa shape index (κ1) is 36.7. The van der Waals surface area contributed by atoms with E-state index in [0.29, 0.717) is 39.3 Å². The van der Waals surface area contributed by atoms with Gasteiger partial charge in [0.1, 0.15) is 29.4 Å². The van der Waals surface area contributed by atoms with E-state index >= 15 is 0 Å². The van der Waals surface area contributed by atoms with Crippen LogP contribution in [0, 0.1) is 19.8 Å². The number of piperidine rings is 1. The topological polar surface area (TPSA) is 90.4 Å². The molecule has 9 nitrogen and oxygen atoms in total. The van der Waals surface area contributed by atoms with Crippen molar-refractivity contribution in [1.29, 1.82) is 0 Å². The molecule has 1 amide bonds. The first-order chi connectivity index (χ1) is 24.2. The van der Waals surface area contributed by atoms with Crippen LogP contribution in [0.5, 0.6) is 5.75 Å². The molecule has 0 radical (unpaired) electrons. The molecule has 9 heteroatoms. The van der Waals surface area contributed by atoms with Crippen molar-refractivity contribution in [3.8, 4) is 17.0 Å². The van der Waals surface area contributed by atoms with E-state index in [1.165, 1.54) is 16.7 Å². The van der Waals surface area contributed by atoms with E-state index in [-0.39, 0.29) is 30.1 Å². The number of aryl methyl sites for hydroxylation is 1. The Balaban J connectivity index is 1.19. The van der Waals surface area contributed by atoms with Gasteiger partial charge in [0.2, 0.25) is 0 Å². The average Bonchev–Trinajstić information content (AvgIpc) is 3.30. The molecule has 0 unspecified atom stereocenters. The molecule has 274 valence electrons. The smallest absolute Gasteiger partial charge is 0.410 e. The van der Waals surface area contributed by atoms with E-state index in [2.05, 4.69) is 55.1 Å². The quantitative estimate of drug-likeness (QED) is 0.240. The number of nitrogens with zero attached hydrogens (tertiary/aromatic N) is 3. The number of pyridine rings is 1. The molecule has 3 aliphatic rings. The van der Waals surface area contributed by atoms with Gasteiger partial charge in [-0.2, -0.15) is 0 Å². The summed E-state index contributed by atoms with van der Waals surface area (Å²) in [6.45, 7) is 18.7. The fourth-order valence-electron chi connectivity index (χ4n) is 7.68. The van der Waals surface area contributed by atoms with Gasteiger partial charge in [0, 0.05) is 31.8 Å². The number of carbonyl (C=O) groups excluding carboxylic acids is 2. The van der Waals surface area contributed by atoms with Crippen LogP contribution in [0.15, 0.2) is 48.5 Å². The molecule has 6 rings (SSSR count). The van der Waals surface area contributed by atoms with Crippen LogP contribution < -0.4 is 9.64 Å². The van der Waals surface area contributed by atoms with Gasteiger partial charge in [-0.25, -0.2) is 9.78 Å². The number of aromatic nitrogens is 1. The van der Waals surface area contributed by atoms with Crippen molar-refractivity contribution in [3.05, 3.63) is 76.3 Å². The second-order valence-corrected chi connectivity index (χ2v) is 16.2. The highest BCUT2D eigenvalue weighted by molar-refractivity contribution is 5.75. The number of para-hydroxylation sites is 1. The van der Waals surface area contributed by atoms with E-state index in [1.54, 1.807) is 0 Å². The van der Waals surface area contributed by atoms with Crippen LogP contribution in [0.25, 0.3) is 11.3 Å². The van der Waals surface area contributed by atoms with E-state index < -0.39 is 11.2 Å². The van der Waals surface area contributed by atoms with Crippen LogP contribution >= 0.6 is 0 Å². The summed E-state index contributed by atoms with van der Waals surface area (Å²) in [4.78, 5) is 35.4. The van der Waals surface area contributed by atoms with E-state index in [0.717, 1.165) is 59.6 Å². The van der Waals surface area contributed by atoms with Gasteiger partial charge in [0.05, 0.1) is 23.8 Å². The summed E-state index contributed by atoms with van der Waals surface area (Å²) in [5, 5.41) is 0. The van der Waals surface area contributed by atoms with Gasteiger partial charge in [-0.1, -0.05) is 30.3 Å². The predicted molar refractivity (Wildman–Crippen MR) is 199 cm³/mol. The second kappa shape index (κ2) is 14.9. The zero-order valence-corrected chi connectivity index (χ0v) is 31.7. The molecule has 1 aromatic heterocycles. The third kappa shape index (κ3) is 8.52. The fraction of sp³-hybridized carbons (Fsp3) is 0.548. The lowest BCUT2D eigenvalue weighted by atomic mass is 9.83. The second-order valence-electron chi connectivity index (χ2n) is 16.2. The molecule has 3 aliphatic heterocycles. The summed E-state index contributed by atoms with van der Waals surface area (Å²) in [6.07, 6.45) is 3.63.